The van der Waals surface area contributed by atoms with Crippen LogP contribution in [0.5, 0.6) is 0 Å². The van der Waals surface area contributed by atoms with E-state index in [4.69, 9.17) is 17.7 Å². The number of furan rings is 4. The van der Waals surface area contributed by atoms with Gasteiger partial charge in [0.05, 0.1) is 28.3 Å². The molecule has 0 bridgehead atoms. The lowest BCUT2D eigenvalue weighted by Gasteiger charge is -2.27. The first kappa shape index (κ1) is 40.6. The van der Waals surface area contributed by atoms with Crippen LogP contribution in [-0.4, -0.2) is 4.40 Å². The van der Waals surface area contributed by atoms with E-state index in [2.05, 4.69) is 228 Å². The second kappa shape index (κ2) is 14.8. The zero-order valence-electron chi connectivity index (χ0n) is 40.7. The third-order valence-corrected chi connectivity index (χ3v) is 15.7. The van der Waals surface area contributed by atoms with Gasteiger partial charge < -0.3 is 31.9 Å². The molecule has 6 aromatic heterocycles. The molecule has 6 heterocycles. The van der Waals surface area contributed by atoms with Crippen LogP contribution in [0.15, 0.2) is 230 Å². The van der Waals surface area contributed by atoms with Crippen LogP contribution in [0.1, 0.15) is 11.1 Å². The van der Waals surface area contributed by atoms with Gasteiger partial charge in [-0.25, -0.2) is 0 Å². The predicted molar refractivity (Wildman–Crippen MR) is 309 cm³/mol. The highest BCUT2D eigenvalue weighted by Crippen LogP contribution is 2.56. The molecule has 0 atom stereocenters. The normalized spacial score (nSPS) is 12.4. The summed E-state index contributed by atoms with van der Waals surface area (Å²) in [4.78, 5) is 4.81. The summed E-state index contributed by atoms with van der Waals surface area (Å²) in [6.45, 7) is 4.31. The van der Waals surface area contributed by atoms with Crippen molar-refractivity contribution in [3.8, 4) is 0 Å². The van der Waals surface area contributed by atoms with Crippen LogP contribution in [0.25, 0.3) is 126 Å². The third kappa shape index (κ3) is 5.48. The van der Waals surface area contributed by atoms with Gasteiger partial charge in [-0.2, -0.15) is 0 Å². The Balaban J connectivity index is 1.09. The first-order chi connectivity index (χ1) is 37.0. The minimum Gasteiger partial charge on any atom is -0.454 e. The molecule has 0 fully saturated rings. The highest BCUT2D eigenvalue weighted by atomic mass is 16.3. The highest BCUT2D eigenvalue weighted by molar-refractivity contribution is 6.36. The zero-order chi connectivity index (χ0) is 49.2. The fourth-order valence-corrected chi connectivity index (χ4v) is 12.7. The van der Waals surface area contributed by atoms with Gasteiger partial charge >= 0.3 is 0 Å². The lowest BCUT2D eigenvalue weighted by atomic mass is 10.00. The van der Waals surface area contributed by atoms with Crippen molar-refractivity contribution in [3.63, 3.8) is 0 Å². The van der Waals surface area contributed by atoms with Crippen molar-refractivity contribution in [2.75, 3.05) is 9.80 Å². The Morgan fingerprint density at radius 1 is 0.280 bits per heavy atom. The summed E-state index contributed by atoms with van der Waals surface area (Å²) in [5.74, 6) is 0. The molecule has 7 heteroatoms. The van der Waals surface area contributed by atoms with Crippen molar-refractivity contribution in [2.24, 2.45) is 0 Å². The maximum atomic E-state index is 7.22. The second-order valence-corrected chi connectivity index (χ2v) is 20.1. The molecule has 17 rings (SSSR count). The number of rotatable bonds is 6. The summed E-state index contributed by atoms with van der Waals surface area (Å²) in [5, 5.41) is 12.6. The number of aryl methyl sites for hydroxylation is 2. The largest absolute Gasteiger partial charge is 0.454 e. The lowest BCUT2D eigenvalue weighted by molar-refractivity contribution is 0.668. The molecule has 0 aliphatic heterocycles. The Bertz CT molecular complexity index is 4940. The molecule has 0 radical (unpaired) electrons. The summed E-state index contributed by atoms with van der Waals surface area (Å²) in [7, 11) is 0. The van der Waals surface area contributed by atoms with Crippen molar-refractivity contribution >= 4 is 160 Å². The van der Waals surface area contributed by atoms with Gasteiger partial charge in [-0.1, -0.05) is 140 Å². The number of anilines is 6. The molecule has 352 valence electrons. The van der Waals surface area contributed by atoms with Crippen LogP contribution >= 0.6 is 0 Å². The summed E-state index contributed by atoms with van der Waals surface area (Å²) in [6, 6.07) is 75.5. The van der Waals surface area contributed by atoms with Gasteiger partial charge in [-0.05, 0) is 97.8 Å². The van der Waals surface area contributed by atoms with Crippen LogP contribution in [0, 0.1) is 13.8 Å². The van der Waals surface area contributed by atoms with E-state index in [0.29, 0.717) is 0 Å². The highest BCUT2D eigenvalue weighted by Gasteiger charge is 2.33. The van der Waals surface area contributed by atoms with Gasteiger partial charge in [-0.3, -0.25) is 0 Å². The molecule has 17 aromatic rings. The van der Waals surface area contributed by atoms with Crippen molar-refractivity contribution in [3.05, 3.63) is 223 Å². The van der Waals surface area contributed by atoms with E-state index in [9.17, 15) is 0 Å². The molecule has 0 N–H and O–H groups in total. The van der Waals surface area contributed by atoms with Crippen LogP contribution in [0.2, 0.25) is 0 Å². The Labute approximate surface area is 427 Å². The standard InChI is InChI=1S/C68H41N3O4/c1-38-16-11-18-40(34-38)69(52-28-14-24-46-42-20-3-7-30-56(42)72-65(46)52)54-36-50-44-22-5-9-32-58(44)74-67(50)63-60(54)48-26-13-27-49-61-55(37-51-45-23-6-10-33-59(45)75-68(51)64(61)71(63)62(48)49)70(41-19-12-17-39(2)35-41)53-29-15-25-47-43-21-4-8-31-57(43)73-66(47)53/h3-37H,1-2H3. The second-order valence-electron chi connectivity index (χ2n) is 20.1. The van der Waals surface area contributed by atoms with E-state index >= 15 is 0 Å². The molecule has 0 unspecified atom stereocenters. The Morgan fingerprint density at radius 3 is 1.05 bits per heavy atom. The number of fused-ring (bicyclic) bond motifs is 20. The van der Waals surface area contributed by atoms with Crippen molar-refractivity contribution in [1.29, 1.82) is 0 Å². The minimum atomic E-state index is 0.799. The Kier molecular flexibility index (Phi) is 8.02. The van der Waals surface area contributed by atoms with Crippen molar-refractivity contribution in [2.45, 2.75) is 13.8 Å². The quantitative estimate of drug-likeness (QED) is 0.165. The minimum absolute atomic E-state index is 0.799. The van der Waals surface area contributed by atoms with Crippen molar-refractivity contribution in [1.82, 2.24) is 4.40 Å². The van der Waals surface area contributed by atoms with E-state index in [1.54, 1.807) is 0 Å². The Morgan fingerprint density at radius 2 is 0.627 bits per heavy atom. The van der Waals surface area contributed by atoms with Gasteiger partial charge in [-0.15, -0.1) is 0 Å². The Hall–Kier alpha value is -9.98. The van der Waals surface area contributed by atoms with Gasteiger partial charge in [0.25, 0.3) is 0 Å². The maximum Gasteiger partial charge on any atom is 0.160 e. The molecule has 75 heavy (non-hydrogen) atoms. The molecule has 0 aliphatic rings. The summed E-state index contributed by atoms with van der Waals surface area (Å²) >= 11 is 0. The van der Waals surface area contributed by atoms with E-state index in [0.717, 1.165) is 171 Å². The molecule has 0 saturated carbocycles. The third-order valence-electron chi connectivity index (χ3n) is 15.7. The van der Waals surface area contributed by atoms with E-state index in [1.165, 1.54) is 0 Å². The maximum absolute atomic E-state index is 7.22. The van der Waals surface area contributed by atoms with Crippen LogP contribution in [-0.2, 0) is 0 Å². The summed E-state index contributed by atoms with van der Waals surface area (Å²) in [5.41, 5.74) is 17.7. The summed E-state index contributed by atoms with van der Waals surface area (Å²) in [6.07, 6.45) is 0. The topological polar surface area (TPSA) is 63.5 Å². The van der Waals surface area contributed by atoms with Crippen molar-refractivity contribution < 1.29 is 17.7 Å². The van der Waals surface area contributed by atoms with E-state index < -0.39 is 0 Å². The number of aromatic nitrogens is 1. The number of nitrogens with zero attached hydrogens (tertiary/aromatic N) is 3. The predicted octanol–water partition coefficient (Wildman–Crippen LogP) is 20.0. The van der Waals surface area contributed by atoms with Crippen LogP contribution in [0.3, 0.4) is 0 Å². The van der Waals surface area contributed by atoms with Gasteiger partial charge in [0.15, 0.2) is 22.3 Å². The number of para-hydroxylation sites is 7. The molecular formula is C68H41N3O4. The number of benzene rings is 11. The number of hydrogen-bond acceptors (Lipinski definition) is 6. The van der Waals surface area contributed by atoms with E-state index in [-0.39, 0.29) is 0 Å². The van der Waals surface area contributed by atoms with Gasteiger partial charge in [0, 0.05) is 76.0 Å². The average molecular weight is 964 g/mol. The van der Waals surface area contributed by atoms with E-state index in [1.807, 2.05) is 12.1 Å². The molecule has 7 nitrogen and oxygen atoms in total. The molecule has 0 amide bonds. The SMILES string of the molecule is Cc1cccc(N(c2cccc3c2oc2ccccc23)c2cc3c4ccccc4oc3c3c2c2cccc4c5c(N(c6cccc(C)c6)c6cccc7c6oc6ccccc67)cc6c7ccccc7oc6c5n3c24)c1. The average Bonchev–Trinajstić information content (AvgIpc) is 4.40. The fraction of sp³-hybridized carbons (Fsp3) is 0.0294. The molecule has 11 aromatic carbocycles. The van der Waals surface area contributed by atoms with Gasteiger partial charge in [0.2, 0.25) is 0 Å². The lowest BCUT2D eigenvalue weighted by Crippen LogP contribution is -2.11. The monoisotopic (exact) mass is 963 g/mol. The summed E-state index contributed by atoms with van der Waals surface area (Å²) < 4.78 is 30.7. The van der Waals surface area contributed by atoms with Crippen LogP contribution in [0.4, 0.5) is 34.1 Å². The van der Waals surface area contributed by atoms with Crippen LogP contribution < -0.4 is 9.80 Å². The fourth-order valence-electron chi connectivity index (χ4n) is 12.7. The molecular weight excluding hydrogens is 923 g/mol. The zero-order valence-corrected chi connectivity index (χ0v) is 40.7. The molecule has 0 saturated heterocycles. The van der Waals surface area contributed by atoms with Gasteiger partial charge in [0.1, 0.15) is 33.4 Å². The molecule has 0 aliphatic carbocycles. The number of hydrogen-bond donors (Lipinski definition) is 0. The first-order valence-electron chi connectivity index (χ1n) is 25.5. The molecule has 0 spiro atoms. The first-order valence-corrected chi connectivity index (χ1v) is 25.5. The smallest absolute Gasteiger partial charge is 0.160 e.